The molecule has 0 spiro atoms. The Kier molecular flexibility index (Phi) is 3.36. The summed E-state index contributed by atoms with van der Waals surface area (Å²) in [4.78, 5) is 2.74. The summed E-state index contributed by atoms with van der Waals surface area (Å²) in [5.41, 5.74) is 0.488. The summed E-state index contributed by atoms with van der Waals surface area (Å²) in [7, 11) is 2.39. The molecule has 100 valence electrons. The molecular weight excluding hydrogens is 218 g/mol. The van der Waals surface area contributed by atoms with Crippen LogP contribution in [0.4, 0.5) is 0 Å². The van der Waals surface area contributed by atoms with Crippen LogP contribution in [0, 0.1) is 11.8 Å². The first-order chi connectivity index (χ1) is 8.72. The van der Waals surface area contributed by atoms with Crippen LogP contribution in [0.15, 0.2) is 24.3 Å². The van der Waals surface area contributed by atoms with Gasteiger partial charge in [0, 0.05) is 11.6 Å². The fourth-order valence-electron chi connectivity index (χ4n) is 4.19. The largest absolute Gasteiger partial charge is 0.298 e. The Hall–Kier alpha value is -0.560. The van der Waals surface area contributed by atoms with E-state index in [4.69, 9.17) is 0 Å². The Morgan fingerprint density at radius 3 is 2.56 bits per heavy atom. The van der Waals surface area contributed by atoms with Crippen molar-refractivity contribution in [3.63, 3.8) is 0 Å². The SMILES string of the molecule is CN(C1CCCCC1)C1(C)CC1C1C=CC=CC1. The van der Waals surface area contributed by atoms with Gasteiger partial charge in [-0.05, 0) is 51.5 Å². The highest BCUT2D eigenvalue weighted by atomic mass is 15.2. The predicted octanol–water partition coefficient (Wildman–Crippen LogP) is 4.16. The predicted molar refractivity (Wildman–Crippen MR) is 77.5 cm³/mol. The molecule has 0 amide bonds. The average molecular weight is 245 g/mol. The lowest BCUT2D eigenvalue weighted by Crippen LogP contribution is -2.43. The zero-order valence-corrected chi connectivity index (χ0v) is 11.9. The van der Waals surface area contributed by atoms with E-state index < -0.39 is 0 Å². The second-order valence-corrected chi connectivity index (χ2v) is 6.78. The van der Waals surface area contributed by atoms with Gasteiger partial charge in [0.05, 0.1) is 0 Å². The smallest absolute Gasteiger partial charge is 0.0219 e. The molecular formula is C17H27N. The van der Waals surface area contributed by atoms with Gasteiger partial charge in [0.2, 0.25) is 0 Å². The fraction of sp³-hybridized carbons (Fsp3) is 0.765. The van der Waals surface area contributed by atoms with Gasteiger partial charge in [-0.3, -0.25) is 4.90 Å². The van der Waals surface area contributed by atoms with E-state index in [1.165, 1.54) is 44.9 Å². The van der Waals surface area contributed by atoms with Crippen molar-refractivity contribution in [1.29, 1.82) is 0 Å². The summed E-state index contributed by atoms with van der Waals surface area (Å²) >= 11 is 0. The Balaban J connectivity index is 1.62. The first kappa shape index (κ1) is 12.5. The maximum absolute atomic E-state index is 2.74. The molecule has 0 radical (unpaired) electrons. The van der Waals surface area contributed by atoms with Gasteiger partial charge >= 0.3 is 0 Å². The van der Waals surface area contributed by atoms with Crippen molar-refractivity contribution in [3.05, 3.63) is 24.3 Å². The van der Waals surface area contributed by atoms with Gasteiger partial charge in [-0.2, -0.15) is 0 Å². The molecule has 18 heavy (non-hydrogen) atoms. The summed E-state index contributed by atoms with van der Waals surface area (Å²) in [6, 6.07) is 0.858. The third kappa shape index (κ3) is 2.18. The van der Waals surface area contributed by atoms with Crippen LogP contribution in [-0.4, -0.2) is 23.5 Å². The van der Waals surface area contributed by atoms with Crippen LogP contribution < -0.4 is 0 Å². The van der Waals surface area contributed by atoms with Crippen molar-refractivity contribution in [1.82, 2.24) is 4.90 Å². The molecule has 0 saturated heterocycles. The number of rotatable bonds is 3. The van der Waals surface area contributed by atoms with E-state index in [1.54, 1.807) is 0 Å². The van der Waals surface area contributed by atoms with Crippen LogP contribution in [0.5, 0.6) is 0 Å². The van der Waals surface area contributed by atoms with Crippen molar-refractivity contribution in [2.75, 3.05) is 7.05 Å². The molecule has 0 aromatic carbocycles. The van der Waals surface area contributed by atoms with E-state index in [1.807, 2.05) is 0 Å². The number of hydrogen-bond acceptors (Lipinski definition) is 1. The lowest BCUT2D eigenvalue weighted by Gasteiger charge is -2.37. The second kappa shape index (κ2) is 4.85. The molecule has 0 aromatic rings. The van der Waals surface area contributed by atoms with Crippen LogP contribution >= 0.6 is 0 Å². The summed E-state index contributed by atoms with van der Waals surface area (Å²) in [6.07, 6.45) is 19.1. The maximum Gasteiger partial charge on any atom is 0.0219 e. The van der Waals surface area contributed by atoms with E-state index in [0.29, 0.717) is 5.54 Å². The molecule has 3 aliphatic carbocycles. The molecule has 3 aliphatic rings. The van der Waals surface area contributed by atoms with Crippen molar-refractivity contribution >= 4 is 0 Å². The highest BCUT2D eigenvalue weighted by Crippen LogP contribution is 2.55. The quantitative estimate of drug-likeness (QED) is 0.721. The zero-order chi connectivity index (χ0) is 12.6. The number of nitrogens with zero attached hydrogens (tertiary/aromatic N) is 1. The maximum atomic E-state index is 2.74. The van der Waals surface area contributed by atoms with Gasteiger partial charge in [-0.15, -0.1) is 0 Å². The van der Waals surface area contributed by atoms with Crippen molar-refractivity contribution < 1.29 is 0 Å². The van der Waals surface area contributed by atoms with Crippen molar-refractivity contribution in [2.45, 2.75) is 63.5 Å². The molecule has 3 unspecified atom stereocenters. The minimum Gasteiger partial charge on any atom is -0.298 e. The lowest BCUT2D eigenvalue weighted by atomic mass is 9.90. The Morgan fingerprint density at radius 2 is 1.89 bits per heavy atom. The third-order valence-corrected chi connectivity index (χ3v) is 5.73. The van der Waals surface area contributed by atoms with Gasteiger partial charge in [0.25, 0.3) is 0 Å². The monoisotopic (exact) mass is 245 g/mol. The van der Waals surface area contributed by atoms with E-state index in [9.17, 15) is 0 Å². The van der Waals surface area contributed by atoms with Gasteiger partial charge in [-0.25, -0.2) is 0 Å². The third-order valence-electron chi connectivity index (χ3n) is 5.73. The first-order valence-corrected chi connectivity index (χ1v) is 7.78. The van der Waals surface area contributed by atoms with E-state index >= 15 is 0 Å². The standard InChI is InChI=1S/C17H27N/c1-17(18(2)15-11-7-4-8-12-15)13-16(17)14-9-5-3-6-10-14/h3,5-6,9,14-16H,4,7-8,10-13H2,1-2H3. The van der Waals surface area contributed by atoms with Crippen LogP contribution in [-0.2, 0) is 0 Å². The van der Waals surface area contributed by atoms with Crippen molar-refractivity contribution in [3.8, 4) is 0 Å². The van der Waals surface area contributed by atoms with Gasteiger partial charge < -0.3 is 0 Å². The molecule has 3 rings (SSSR count). The summed E-state index contributed by atoms with van der Waals surface area (Å²) in [5, 5.41) is 0. The van der Waals surface area contributed by atoms with E-state index in [2.05, 4.69) is 43.2 Å². The summed E-state index contributed by atoms with van der Waals surface area (Å²) < 4.78 is 0. The molecule has 2 saturated carbocycles. The first-order valence-electron chi connectivity index (χ1n) is 7.78. The van der Waals surface area contributed by atoms with Crippen LogP contribution in [0.1, 0.15) is 51.9 Å². The van der Waals surface area contributed by atoms with E-state index in [-0.39, 0.29) is 0 Å². The second-order valence-electron chi connectivity index (χ2n) is 6.78. The zero-order valence-electron chi connectivity index (χ0n) is 11.9. The molecule has 1 heteroatoms. The molecule has 0 heterocycles. The van der Waals surface area contributed by atoms with Crippen molar-refractivity contribution in [2.24, 2.45) is 11.8 Å². The van der Waals surface area contributed by atoms with Crippen LogP contribution in [0.2, 0.25) is 0 Å². The highest BCUT2D eigenvalue weighted by molar-refractivity contribution is 5.20. The Bertz CT molecular complexity index is 351. The molecule has 3 atom stereocenters. The molecule has 2 fully saturated rings. The number of allylic oxidation sites excluding steroid dienone is 4. The molecule has 0 aliphatic heterocycles. The average Bonchev–Trinajstić information content (AvgIpc) is 3.14. The fourth-order valence-corrected chi connectivity index (χ4v) is 4.19. The van der Waals surface area contributed by atoms with Crippen LogP contribution in [0.3, 0.4) is 0 Å². The number of hydrogen-bond donors (Lipinski definition) is 0. The minimum absolute atomic E-state index is 0.488. The topological polar surface area (TPSA) is 3.24 Å². The molecule has 0 N–H and O–H groups in total. The molecule has 0 aromatic heterocycles. The van der Waals surface area contributed by atoms with Gasteiger partial charge in [-0.1, -0.05) is 43.6 Å². The highest BCUT2D eigenvalue weighted by Gasteiger charge is 2.56. The summed E-state index contributed by atoms with van der Waals surface area (Å²) in [5.74, 6) is 1.69. The Labute approximate surface area is 112 Å². The van der Waals surface area contributed by atoms with Gasteiger partial charge in [0.1, 0.15) is 0 Å². The van der Waals surface area contributed by atoms with E-state index in [0.717, 1.165) is 17.9 Å². The molecule has 1 nitrogen and oxygen atoms in total. The lowest BCUT2D eigenvalue weighted by molar-refractivity contribution is 0.116. The van der Waals surface area contributed by atoms with Gasteiger partial charge in [0.15, 0.2) is 0 Å². The normalized spacial score (nSPS) is 40.4. The Morgan fingerprint density at radius 1 is 1.11 bits per heavy atom. The molecule has 0 bridgehead atoms. The van der Waals surface area contributed by atoms with Crippen LogP contribution in [0.25, 0.3) is 0 Å². The summed E-state index contributed by atoms with van der Waals surface area (Å²) in [6.45, 7) is 2.50. The minimum atomic E-state index is 0.488.